The van der Waals surface area contributed by atoms with Gasteiger partial charge in [-0.3, -0.25) is 4.79 Å². The maximum atomic E-state index is 11.8. The van der Waals surface area contributed by atoms with Crippen LogP contribution in [0.2, 0.25) is 0 Å². The van der Waals surface area contributed by atoms with Gasteiger partial charge in [0.05, 0.1) is 0 Å². The van der Waals surface area contributed by atoms with Crippen LogP contribution in [0.5, 0.6) is 0 Å². The van der Waals surface area contributed by atoms with Crippen LogP contribution in [0.1, 0.15) is 34.9 Å². The summed E-state index contributed by atoms with van der Waals surface area (Å²) in [6.45, 7) is 3.72. The highest BCUT2D eigenvalue weighted by atomic mass is 16.2. The number of aromatic amines is 1. The topological polar surface area (TPSA) is 61.0 Å². The number of nitrogens with zero attached hydrogens (tertiary/aromatic N) is 2. The fourth-order valence-corrected chi connectivity index (χ4v) is 3.06. The van der Waals surface area contributed by atoms with Crippen molar-refractivity contribution in [1.82, 2.24) is 20.2 Å². The Hall–Kier alpha value is -2.14. The molecule has 0 saturated carbocycles. The van der Waals surface area contributed by atoms with Gasteiger partial charge in [-0.2, -0.15) is 0 Å². The van der Waals surface area contributed by atoms with E-state index in [2.05, 4.69) is 50.5 Å². The molecular weight excluding hydrogens is 276 g/mol. The van der Waals surface area contributed by atoms with Crippen molar-refractivity contribution in [2.24, 2.45) is 0 Å². The summed E-state index contributed by atoms with van der Waals surface area (Å²) in [5.74, 6) is 0.846. The van der Waals surface area contributed by atoms with Crippen LogP contribution in [0.4, 0.5) is 0 Å². The number of likely N-dealkylation sites (tertiary alicyclic amines) is 1. The summed E-state index contributed by atoms with van der Waals surface area (Å²) < 4.78 is 0. The highest BCUT2D eigenvalue weighted by Crippen LogP contribution is 2.26. The molecule has 1 fully saturated rings. The van der Waals surface area contributed by atoms with E-state index in [1.165, 1.54) is 18.4 Å². The summed E-state index contributed by atoms with van der Waals surface area (Å²) in [4.78, 5) is 21.0. The van der Waals surface area contributed by atoms with E-state index < -0.39 is 0 Å². The number of imidazole rings is 1. The van der Waals surface area contributed by atoms with E-state index >= 15 is 0 Å². The van der Waals surface area contributed by atoms with Gasteiger partial charge in [0.15, 0.2) is 5.82 Å². The van der Waals surface area contributed by atoms with E-state index in [1.54, 1.807) is 12.4 Å². The Morgan fingerprint density at radius 3 is 3.00 bits per heavy atom. The van der Waals surface area contributed by atoms with Crippen LogP contribution in [0.25, 0.3) is 0 Å². The number of hydrogen-bond acceptors (Lipinski definition) is 3. The number of amides is 1. The first-order valence-electron chi connectivity index (χ1n) is 7.88. The lowest BCUT2D eigenvalue weighted by Crippen LogP contribution is -2.40. The molecule has 3 rings (SSSR count). The molecule has 2 N–H and O–H groups in total. The first-order chi connectivity index (χ1) is 10.8. The maximum Gasteiger partial charge on any atom is 0.287 e. The Balaban J connectivity index is 1.46. The van der Waals surface area contributed by atoms with E-state index in [0.717, 1.165) is 19.6 Å². The number of carbonyl (C=O) groups is 1. The summed E-state index contributed by atoms with van der Waals surface area (Å²) >= 11 is 0. The fourth-order valence-electron chi connectivity index (χ4n) is 3.06. The minimum Gasteiger partial charge on any atom is -0.348 e. The zero-order valence-corrected chi connectivity index (χ0v) is 12.7. The number of benzene rings is 1. The largest absolute Gasteiger partial charge is 0.348 e. The lowest BCUT2D eigenvalue weighted by atomic mass is 9.91. The molecule has 0 aliphatic carbocycles. The number of hydrogen-bond donors (Lipinski definition) is 2. The first kappa shape index (κ1) is 14.8. The number of piperidine rings is 1. The standard InChI is InChI=1S/C17H22N4O/c22-17(16-18-8-9-19-16)20-10-12-21-11-4-7-15(13-21)14-5-2-1-3-6-14/h1-3,5-6,8-9,15H,4,7,10-13H2,(H,18,19)(H,20,22)/t15-/m0/s1. The molecule has 0 radical (unpaired) electrons. The second-order valence-electron chi connectivity index (χ2n) is 5.74. The molecule has 1 saturated heterocycles. The van der Waals surface area contributed by atoms with Crippen molar-refractivity contribution in [2.45, 2.75) is 18.8 Å². The molecule has 1 aromatic heterocycles. The number of rotatable bonds is 5. The van der Waals surface area contributed by atoms with Gasteiger partial charge in [-0.25, -0.2) is 4.98 Å². The van der Waals surface area contributed by atoms with E-state index in [4.69, 9.17) is 0 Å². The zero-order chi connectivity index (χ0) is 15.2. The monoisotopic (exact) mass is 298 g/mol. The molecule has 1 aliphatic rings. The number of H-pyrrole nitrogens is 1. The third kappa shape index (κ3) is 3.74. The summed E-state index contributed by atoms with van der Waals surface area (Å²) in [5, 5.41) is 2.91. The number of nitrogens with one attached hydrogen (secondary N) is 2. The molecule has 2 aromatic rings. The van der Waals surface area contributed by atoms with E-state index in [-0.39, 0.29) is 5.91 Å². The molecule has 1 aliphatic heterocycles. The Kier molecular flexibility index (Phi) is 4.85. The summed E-state index contributed by atoms with van der Waals surface area (Å²) in [6, 6.07) is 10.7. The summed E-state index contributed by atoms with van der Waals surface area (Å²) in [5.41, 5.74) is 1.42. The molecule has 116 valence electrons. The Labute approximate surface area is 130 Å². The predicted octanol–water partition coefficient (Wildman–Crippen LogP) is 2.02. The van der Waals surface area contributed by atoms with Crippen LogP contribution in [-0.4, -0.2) is 47.0 Å². The lowest BCUT2D eigenvalue weighted by molar-refractivity contribution is 0.0936. The van der Waals surface area contributed by atoms with Crippen LogP contribution in [0, 0.1) is 0 Å². The third-order valence-electron chi connectivity index (χ3n) is 4.20. The summed E-state index contributed by atoms with van der Waals surface area (Å²) in [7, 11) is 0. The lowest BCUT2D eigenvalue weighted by Gasteiger charge is -2.33. The molecule has 2 heterocycles. The second-order valence-corrected chi connectivity index (χ2v) is 5.74. The van der Waals surface area contributed by atoms with Gasteiger partial charge in [-0.15, -0.1) is 0 Å². The minimum atomic E-state index is -0.137. The van der Waals surface area contributed by atoms with Crippen LogP contribution >= 0.6 is 0 Å². The molecule has 1 aromatic carbocycles. The van der Waals surface area contributed by atoms with Gasteiger partial charge in [-0.1, -0.05) is 30.3 Å². The van der Waals surface area contributed by atoms with Gasteiger partial charge >= 0.3 is 0 Å². The van der Waals surface area contributed by atoms with Gasteiger partial charge in [0.2, 0.25) is 0 Å². The average molecular weight is 298 g/mol. The van der Waals surface area contributed by atoms with E-state index in [1.807, 2.05) is 0 Å². The van der Waals surface area contributed by atoms with Crippen molar-refractivity contribution in [3.8, 4) is 0 Å². The van der Waals surface area contributed by atoms with Crippen molar-refractivity contribution < 1.29 is 4.79 Å². The first-order valence-corrected chi connectivity index (χ1v) is 7.88. The third-order valence-corrected chi connectivity index (χ3v) is 4.20. The molecule has 0 unspecified atom stereocenters. The average Bonchev–Trinajstić information content (AvgIpc) is 3.10. The summed E-state index contributed by atoms with van der Waals surface area (Å²) in [6.07, 6.45) is 5.71. The molecule has 5 nitrogen and oxygen atoms in total. The molecular formula is C17H22N4O. The number of aromatic nitrogens is 2. The zero-order valence-electron chi connectivity index (χ0n) is 12.7. The molecule has 5 heteroatoms. The Morgan fingerprint density at radius 1 is 1.36 bits per heavy atom. The van der Waals surface area contributed by atoms with Crippen molar-refractivity contribution in [2.75, 3.05) is 26.2 Å². The molecule has 22 heavy (non-hydrogen) atoms. The van der Waals surface area contributed by atoms with Gasteiger partial charge < -0.3 is 15.2 Å². The van der Waals surface area contributed by atoms with Crippen molar-refractivity contribution in [1.29, 1.82) is 0 Å². The normalized spacial score (nSPS) is 19.0. The molecule has 1 amide bonds. The smallest absolute Gasteiger partial charge is 0.287 e. The predicted molar refractivity (Wildman–Crippen MR) is 85.8 cm³/mol. The van der Waals surface area contributed by atoms with Crippen molar-refractivity contribution in [3.05, 3.63) is 54.1 Å². The van der Waals surface area contributed by atoms with Gasteiger partial charge in [-0.05, 0) is 30.9 Å². The van der Waals surface area contributed by atoms with Gasteiger partial charge in [0.1, 0.15) is 0 Å². The van der Waals surface area contributed by atoms with Crippen LogP contribution < -0.4 is 5.32 Å². The quantitative estimate of drug-likeness (QED) is 0.888. The Bertz CT molecular complexity index is 582. The molecule has 0 spiro atoms. The van der Waals surface area contributed by atoms with Crippen LogP contribution in [0.3, 0.4) is 0 Å². The van der Waals surface area contributed by atoms with Crippen LogP contribution in [-0.2, 0) is 0 Å². The fraction of sp³-hybridized carbons (Fsp3) is 0.412. The van der Waals surface area contributed by atoms with Gasteiger partial charge in [0.25, 0.3) is 5.91 Å². The van der Waals surface area contributed by atoms with Crippen molar-refractivity contribution in [3.63, 3.8) is 0 Å². The second kappa shape index (κ2) is 7.22. The van der Waals surface area contributed by atoms with E-state index in [0.29, 0.717) is 18.3 Å². The Morgan fingerprint density at radius 2 is 2.23 bits per heavy atom. The number of carbonyl (C=O) groups excluding carboxylic acids is 1. The SMILES string of the molecule is O=C(NCCN1CCC[C@H](c2ccccc2)C1)c1ncc[nH]1. The minimum absolute atomic E-state index is 0.137. The molecule has 1 atom stereocenters. The van der Waals surface area contributed by atoms with Crippen LogP contribution in [0.15, 0.2) is 42.7 Å². The maximum absolute atomic E-state index is 11.8. The highest BCUT2D eigenvalue weighted by molar-refractivity contribution is 5.90. The van der Waals surface area contributed by atoms with Gasteiger partial charge in [0, 0.05) is 32.0 Å². The van der Waals surface area contributed by atoms with E-state index in [9.17, 15) is 4.79 Å². The van der Waals surface area contributed by atoms with Crippen molar-refractivity contribution >= 4 is 5.91 Å². The molecule has 0 bridgehead atoms. The highest BCUT2D eigenvalue weighted by Gasteiger charge is 2.20.